The molecule has 1 aliphatic rings. The van der Waals surface area contributed by atoms with Crippen molar-refractivity contribution in [1.29, 1.82) is 0 Å². The van der Waals surface area contributed by atoms with Crippen LogP contribution in [-0.2, 0) is 6.42 Å². The Balaban J connectivity index is 2.26. The fraction of sp³-hybridized carbons (Fsp3) is 0.400. The molecule has 0 aromatic heterocycles. The van der Waals surface area contributed by atoms with E-state index in [0.29, 0.717) is 6.42 Å². The molecule has 1 atom stereocenters. The molecule has 1 aromatic rings. The quantitative estimate of drug-likeness (QED) is 0.574. The highest BCUT2D eigenvalue weighted by Gasteiger charge is 2.14. The van der Waals surface area contributed by atoms with E-state index in [4.69, 9.17) is 4.74 Å². The summed E-state index contributed by atoms with van der Waals surface area (Å²) in [6.45, 7) is 0.205. The average Bonchev–Trinajstić information content (AvgIpc) is 2.29. The van der Waals surface area contributed by atoms with Crippen molar-refractivity contribution in [2.24, 2.45) is 0 Å². The molecule has 0 spiro atoms. The lowest BCUT2D eigenvalue weighted by Crippen LogP contribution is -2.09. The molecule has 0 amide bonds. The molecular formula is C10H11FO. The normalized spacial score (nSPS) is 22.2. The van der Waals surface area contributed by atoms with E-state index in [1.54, 1.807) is 0 Å². The van der Waals surface area contributed by atoms with Gasteiger partial charge in [0.15, 0.2) is 0 Å². The summed E-state index contributed by atoms with van der Waals surface area (Å²) in [5.74, 6) is 0.845. The molecule has 64 valence electrons. The van der Waals surface area contributed by atoms with Gasteiger partial charge in [0.05, 0.1) is 0 Å². The smallest absolute Gasteiger partial charge is 0.134 e. The molecule has 0 saturated carbocycles. The molecule has 2 rings (SSSR count). The summed E-state index contributed by atoms with van der Waals surface area (Å²) < 4.78 is 18.2. The lowest BCUT2D eigenvalue weighted by atomic mass is 10.1. The molecule has 1 aliphatic heterocycles. The monoisotopic (exact) mass is 166 g/mol. The third kappa shape index (κ3) is 1.42. The van der Waals surface area contributed by atoms with Gasteiger partial charge in [-0.15, -0.1) is 0 Å². The number of hydrogen-bond acceptors (Lipinski definition) is 1. The summed E-state index contributed by atoms with van der Waals surface area (Å²) in [4.78, 5) is 0. The molecule has 0 bridgehead atoms. The standard InChI is InChI=1S/C10H11FO/c11-9-6-5-8-3-1-2-4-10(8)12-7-9/h1-4,9H,5-7H2. The fourth-order valence-corrected chi connectivity index (χ4v) is 1.43. The fourth-order valence-electron chi connectivity index (χ4n) is 1.43. The predicted molar refractivity (Wildman–Crippen MR) is 45.2 cm³/mol. The number of ether oxygens (including phenoxy) is 1. The third-order valence-electron chi connectivity index (χ3n) is 2.12. The van der Waals surface area contributed by atoms with Crippen LogP contribution in [0.3, 0.4) is 0 Å². The van der Waals surface area contributed by atoms with Gasteiger partial charge in [0.1, 0.15) is 18.5 Å². The van der Waals surface area contributed by atoms with Gasteiger partial charge in [-0.3, -0.25) is 0 Å². The van der Waals surface area contributed by atoms with Crippen LogP contribution in [0.1, 0.15) is 12.0 Å². The molecule has 0 N–H and O–H groups in total. The Morgan fingerprint density at radius 3 is 3.08 bits per heavy atom. The van der Waals surface area contributed by atoms with Crippen LogP contribution in [-0.4, -0.2) is 12.8 Å². The maximum absolute atomic E-state index is 12.9. The van der Waals surface area contributed by atoms with Crippen LogP contribution in [0.25, 0.3) is 0 Å². The Morgan fingerprint density at radius 1 is 1.33 bits per heavy atom. The maximum Gasteiger partial charge on any atom is 0.134 e. The van der Waals surface area contributed by atoms with E-state index < -0.39 is 6.17 Å². The lowest BCUT2D eigenvalue weighted by Gasteiger charge is -2.05. The summed E-state index contributed by atoms with van der Waals surface area (Å²) in [5.41, 5.74) is 1.12. The summed E-state index contributed by atoms with van der Waals surface area (Å²) in [6, 6.07) is 7.76. The highest BCUT2D eigenvalue weighted by Crippen LogP contribution is 2.24. The van der Waals surface area contributed by atoms with Crippen molar-refractivity contribution in [2.45, 2.75) is 19.0 Å². The average molecular weight is 166 g/mol. The van der Waals surface area contributed by atoms with E-state index in [1.165, 1.54) is 0 Å². The number of benzene rings is 1. The van der Waals surface area contributed by atoms with Crippen LogP contribution >= 0.6 is 0 Å². The molecule has 0 radical (unpaired) electrons. The minimum Gasteiger partial charge on any atom is -0.490 e. The number of para-hydroxylation sites is 1. The van der Waals surface area contributed by atoms with Crippen LogP contribution in [0.5, 0.6) is 5.75 Å². The predicted octanol–water partition coefficient (Wildman–Crippen LogP) is 2.35. The Hall–Kier alpha value is -1.05. The van der Waals surface area contributed by atoms with Crippen molar-refractivity contribution in [3.63, 3.8) is 0 Å². The SMILES string of the molecule is FC1CCc2ccccc2OC1. The first kappa shape index (κ1) is 7.59. The molecule has 12 heavy (non-hydrogen) atoms. The van der Waals surface area contributed by atoms with Crippen LogP contribution in [0.4, 0.5) is 4.39 Å². The van der Waals surface area contributed by atoms with Crippen LogP contribution < -0.4 is 4.74 Å². The van der Waals surface area contributed by atoms with Crippen molar-refractivity contribution < 1.29 is 9.13 Å². The van der Waals surface area contributed by atoms with E-state index in [-0.39, 0.29) is 6.61 Å². The van der Waals surface area contributed by atoms with Gasteiger partial charge in [0, 0.05) is 0 Å². The van der Waals surface area contributed by atoms with Crippen molar-refractivity contribution >= 4 is 0 Å². The van der Waals surface area contributed by atoms with Crippen LogP contribution in [0, 0.1) is 0 Å². The zero-order valence-corrected chi connectivity index (χ0v) is 6.79. The second-order valence-corrected chi connectivity index (χ2v) is 3.05. The lowest BCUT2D eigenvalue weighted by molar-refractivity contribution is 0.198. The summed E-state index contributed by atoms with van der Waals surface area (Å²) >= 11 is 0. The van der Waals surface area contributed by atoms with Gasteiger partial charge in [-0.05, 0) is 24.5 Å². The van der Waals surface area contributed by atoms with Crippen molar-refractivity contribution in [3.8, 4) is 5.75 Å². The molecule has 1 aromatic carbocycles. The summed E-state index contributed by atoms with van der Waals surface area (Å²) in [6.07, 6.45) is 0.561. The second-order valence-electron chi connectivity index (χ2n) is 3.05. The maximum atomic E-state index is 12.9. The van der Waals surface area contributed by atoms with Gasteiger partial charge in [0.25, 0.3) is 0 Å². The molecule has 1 nitrogen and oxygen atoms in total. The minimum atomic E-state index is -0.808. The number of aryl methyl sites for hydroxylation is 1. The number of hydrogen-bond donors (Lipinski definition) is 0. The van der Waals surface area contributed by atoms with Gasteiger partial charge in [-0.2, -0.15) is 0 Å². The second kappa shape index (κ2) is 3.13. The molecule has 0 aliphatic carbocycles. The van der Waals surface area contributed by atoms with E-state index >= 15 is 0 Å². The van der Waals surface area contributed by atoms with Gasteiger partial charge in [-0.25, -0.2) is 4.39 Å². The van der Waals surface area contributed by atoms with E-state index in [2.05, 4.69) is 0 Å². The minimum absolute atomic E-state index is 0.205. The Labute approximate surface area is 71.2 Å². The summed E-state index contributed by atoms with van der Waals surface area (Å²) in [7, 11) is 0. The third-order valence-corrected chi connectivity index (χ3v) is 2.12. The molecular weight excluding hydrogens is 155 g/mol. The number of fused-ring (bicyclic) bond motifs is 1. The van der Waals surface area contributed by atoms with Crippen LogP contribution in [0.15, 0.2) is 24.3 Å². The molecule has 0 saturated heterocycles. The zero-order valence-electron chi connectivity index (χ0n) is 6.79. The molecule has 1 heterocycles. The van der Waals surface area contributed by atoms with Crippen molar-refractivity contribution in [1.82, 2.24) is 0 Å². The van der Waals surface area contributed by atoms with Crippen molar-refractivity contribution in [3.05, 3.63) is 29.8 Å². The molecule has 1 unspecified atom stereocenters. The van der Waals surface area contributed by atoms with Gasteiger partial charge >= 0.3 is 0 Å². The number of rotatable bonds is 0. The van der Waals surface area contributed by atoms with Crippen LogP contribution in [0.2, 0.25) is 0 Å². The highest BCUT2D eigenvalue weighted by molar-refractivity contribution is 5.34. The Bertz CT molecular complexity index is 245. The van der Waals surface area contributed by atoms with Crippen molar-refractivity contribution in [2.75, 3.05) is 6.61 Å². The number of alkyl halides is 1. The zero-order chi connectivity index (χ0) is 8.39. The van der Waals surface area contributed by atoms with E-state index in [9.17, 15) is 4.39 Å². The van der Waals surface area contributed by atoms with Gasteiger partial charge in [-0.1, -0.05) is 18.2 Å². The number of halogens is 1. The van der Waals surface area contributed by atoms with Gasteiger partial charge < -0.3 is 4.74 Å². The molecule has 2 heteroatoms. The first-order chi connectivity index (χ1) is 5.86. The van der Waals surface area contributed by atoms with E-state index in [0.717, 1.165) is 17.7 Å². The topological polar surface area (TPSA) is 9.23 Å². The van der Waals surface area contributed by atoms with Gasteiger partial charge in [0.2, 0.25) is 0 Å². The Morgan fingerprint density at radius 2 is 2.17 bits per heavy atom. The first-order valence-electron chi connectivity index (χ1n) is 4.21. The highest BCUT2D eigenvalue weighted by atomic mass is 19.1. The largest absolute Gasteiger partial charge is 0.490 e. The summed E-state index contributed by atoms with van der Waals surface area (Å²) in [5, 5.41) is 0. The first-order valence-corrected chi connectivity index (χ1v) is 4.21. The molecule has 0 fully saturated rings. The van der Waals surface area contributed by atoms with E-state index in [1.807, 2.05) is 24.3 Å². The Kier molecular flexibility index (Phi) is 1.98.